The van der Waals surface area contributed by atoms with Crippen LogP contribution in [-0.4, -0.2) is 33.2 Å². The van der Waals surface area contributed by atoms with Crippen LogP contribution in [-0.2, 0) is 17.9 Å². The summed E-state index contributed by atoms with van der Waals surface area (Å²) >= 11 is 0. The first-order valence-electron chi connectivity index (χ1n) is 8.47. The predicted octanol–water partition coefficient (Wildman–Crippen LogP) is 2.15. The predicted molar refractivity (Wildman–Crippen MR) is 93.8 cm³/mol. The van der Waals surface area contributed by atoms with E-state index in [4.69, 9.17) is 0 Å². The number of hydrogen-bond acceptors (Lipinski definition) is 4. The van der Waals surface area contributed by atoms with E-state index in [1.165, 1.54) is 6.33 Å². The molecule has 0 saturated carbocycles. The molecule has 6 heteroatoms. The van der Waals surface area contributed by atoms with Gasteiger partial charge in [0, 0.05) is 26.1 Å². The standard InChI is InChI=1S/C19H22N4O2/c1-13-18(14(2)22-12-21-13)19(25)20-10-15-6-3-4-7-16(15)11-23-9-5-8-17(23)24/h3-4,6-7,12H,5,8-11H2,1-2H3,(H,20,25). The molecule has 1 aromatic heterocycles. The van der Waals surface area contributed by atoms with Gasteiger partial charge in [-0.05, 0) is 31.4 Å². The van der Waals surface area contributed by atoms with E-state index < -0.39 is 0 Å². The summed E-state index contributed by atoms with van der Waals surface area (Å²) in [5, 5.41) is 2.95. The first-order valence-corrected chi connectivity index (χ1v) is 8.47. The second kappa shape index (κ2) is 7.42. The number of carbonyl (C=O) groups is 2. The van der Waals surface area contributed by atoms with Crippen LogP contribution < -0.4 is 5.32 Å². The maximum atomic E-state index is 12.5. The maximum absolute atomic E-state index is 12.5. The first-order chi connectivity index (χ1) is 12.1. The van der Waals surface area contributed by atoms with Crippen molar-refractivity contribution in [2.24, 2.45) is 0 Å². The summed E-state index contributed by atoms with van der Waals surface area (Å²) in [4.78, 5) is 34.4. The van der Waals surface area contributed by atoms with Crippen molar-refractivity contribution in [2.75, 3.05) is 6.54 Å². The Kier molecular flexibility index (Phi) is 5.07. The molecule has 1 fully saturated rings. The van der Waals surface area contributed by atoms with Gasteiger partial charge in [0.2, 0.25) is 5.91 Å². The van der Waals surface area contributed by atoms with Gasteiger partial charge in [0.05, 0.1) is 17.0 Å². The molecule has 1 aliphatic heterocycles. The summed E-state index contributed by atoms with van der Waals surface area (Å²) < 4.78 is 0. The second-order valence-corrected chi connectivity index (χ2v) is 6.29. The van der Waals surface area contributed by atoms with Gasteiger partial charge in [-0.25, -0.2) is 9.97 Å². The molecule has 3 rings (SSSR count). The number of likely N-dealkylation sites (tertiary alicyclic amines) is 1. The Labute approximate surface area is 147 Å². The molecule has 130 valence electrons. The van der Waals surface area contributed by atoms with Crippen molar-refractivity contribution in [1.29, 1.82) is 0 Å². The molecule has 0 unspecified atom stereocenters. The average Bonchev–Trinajstić information content (AvgIpc) is 2.99. The highest BCUT2D eigenvalue weighted by atomic mass is 16.2. The van der Waals surface area contributed by atoms with Crippen LogP contribution in [0.1, 0.15) is 45.7 Å². The van der Waals surface area contributed by atoms with Crippen molar-refractivity contribution in [3.63, 3.8) is 0 Å². The van der Waals surface area contributed by atoms with Gasteiger partial charge in [-0.2, -0.15) is 0 Å². The number of aromatic nitrogens is 2. The van der Waals surface area contributed by atoms with Crippen LogP contribution in [0.3, 0.4) is 0 Å². The van der Waals surface area contributed by atoms with Gasteiger partial charge in [0.15, 0.2) is 0 Å². The van der Waals surface area contributed by atoms with E-state index in [-0.39, 0.29) is 11.8 Å². The molecule has 2 heterocycles. The zero-order valence-corrected chi connectivity index (χ0v) is 14.6. The Morgan fingerprint density at radius 1 is 1.16 bits per heavy atom. The number of nitrogens with one attached hydrogen (secondary N) is 1. The lowest BCUT2D eigenvalue weighted by molar-refractivity contribution is -0.128. The number of rotatable bonds is 5. The Balaban J connectivity index is 1.71. The molecular weight excluding hydrogens is 316 g/mol. The van der Waals surface area contributed by atoms with E-state index in [0.717, 1.165) is 24.1 Å². The van der Waals surface area contributed by atoms with Gasteiger partial charge in [-0.15, -0.1) is 0 Å². The molecule has 1 saturated heterocycles. The highest BCUT2D eigenvalue weighted by molar-refractivity contribution is 5.96. The lowest BCUT2D eigenvalue weighted by Crippen LogP contribution is -2.27. The highest BCUT2D eigenvalue weighted by Crippen LogP contribution is 2.17. The van der Waals surface area contributed by atoms with E-state index in [9.17, 15) is 9.59 Å². The van der Waals surface area contributed by atoms with Gasteiger partial charge >= 0.3 is 0 Å². The summed E-state index contributed by atoms with van der Waals surface area (Å²) in [7, 11) is 0. The minimum Gasteiger partial charge on any atom is -0.348 e. The normalized spacial score (nSPS) is 14.0. The lowest BCUT2D eigenvalue weighted by Gasteiger charge is -2.18. The van der Waals surface area contributed by atoms with E-state index in [1.54, 1.807) is 13.8 Å². The van der Waals surface area contributed by atoms with Crippen LogP contribution >= 0.6 is 0 Å². The van der Waals surface area contributed by atoms with Crippen molar-refractivity contribution >= 4 is 11.8 Å². The zero-order valence-electron chi connectivity index (χ0n) is 14.6. The maximum Gasteiger partial charge on any atom is 0.255 e. The molecular formula is C19H22N4O2. The Morgan fingerprint density at radius 3 is 2.48 bits per heavy atom. The molecule has 0 atom stereocenters. The minimum atomic E-state index is -0.178. The molecule has 0 bridgehead atoms. The fraction of sp³-hybridized carbons (Fsp3) is 0.368. The summed E-state index contributed by atoms with van der Waals surface area (Å²) in [6.07, 6.45) is 3.01. The first kappa shape index (κ1) is 17.1. The van der Waals surface area contributed by atoms with E-state index >= 15 is 0 Å². The fourth-order valence-corrected chi connectivity index (χ4v) is 3.15. The Hall–Kier alpha value is -2.76. The number of amides is 2. The topological polar surface area (TPSA) is 75.2 Å². The lowest BCUT2D eigenvalue weighted by atomic mass is 10.1. The third-order valence-corrected chi connectivity index (χ3v) is 4.54. The second-order valence-electron chi connectivity index (χ2n) is 6.29. The molecule has 0 spiro atoms. The summed E-state index contributed by atoms with van der Waals surface area (Å²) in [5.41, 5.74) is 3.94. The van der Waals surface area contributed by atoms with Gasteiger partial charge in [-0.1, -0.05) is 24.3 Å². The number of hydrogen-bond donors (Lipinski definition) is 1. The fourth-order valence-electron chi connectivity index (χ4n) is 3.15. The minimum absolute atomic E-state index is 0.178. The summed E-state index contributed by atoms with van der Waals surface area (Å²) in [6.45, 7) is 5.41. The number of carbonyl (C=O) groups excluding carboxylic acids is 2. The smallest absolute Gasteiger partial charge is 0.255 e. The van der Waals surface area contributed by atoms with Crippen molar-refractivity contribution in [2.45, 2.75) is 39.8 Å². The molecule has 1 aromatic carbocycles. The SMILES string of the molecule is Cc1ncnc(C)c1C(=O)NCc1ccccc1CN1CCCC1=O. The highest BCUT2D eigenvalue weighted by Gasteiger charge is 2.21. The largest absolute Gasteiger partial charge is 0.348 e. The van der Waals surface area contributed by atoms with Gasteiger partial charge in [0.25, 0.3) is 5.91 Å². The molecule has 1 N–H and O–H groups in total. The molecule has 1 aliphatic rings. The van der Waals surface area contributed by atoms with Crippen molar-refractivity contribution in [1.82, 2.24) is 20.2 Å². The molecule has 0 radical (unpaired) electrons. The molecule has 6 nitrogen and oxygen atoms in total. The quantitative estimate of drug-likeness (QED) is 0.906. The van der Waals surface area contributed by atoms with Crippen LogP contribution in [0, 0.1) is 13.8 Å². The molecule has 0 aliphatic carbocycles. The monoisotopic (exact) mass is 338 g/mol. The summed E-state index contributed by atoms with van der Waals surface area (Å²) in [5.74, 6) is 0.0224. The van der Waals surface area contributed by atoms with E-state index in [0.29, 0.717) is 36.5 Å². The van der Waals surface area contributed by atoms with Crippen molar-refractivity contribution in [3.8, 4) is 0 Å². The third-order valence-electron chi connectivity index (χ3n) is 4.54. The van der Waals surface area contributed by atoms with Crippen LogP contribution in [0.25, 0.3) is 0 Å². The van der Waals surface area contributed by atoms with Crippen LogP contribution in [0.4, 0.5) is 0 Å². The number of nitrogens with zero attached hydrogens (tertiary/aromatic N) is 3. The molecule has 25 heavy (non-hydrogen) atoms. The Bertz CT molecular complexity index is 784. The zero-order chi connectivity index (χ0) is 17.8. The average molecular weight is 338 g/mol. The number of benzene rings is 1. The summed E-state index contributed by atoms with van der Waals surface area (Å²) in [6, 6.07) is 7.89. The Morgan fingerprint density at radius 2 is 1.84 bits per heavy atom. The van der Waals surface area contributed by atoms with Gasteiger partial charge in [-0.3, -0.25) is 9.59 Å². The number of aryl methyl sites for hydroxylation is 2. The van der Waals surface area contributed by atoms with Crippen LogP contribution in [0.5, 0.6) is 0 Å². The molecule has 2 amide bonds. The van der Waals surface area contributed by atoms with Crippen LogP contribution in [0.2, 0.25) is 0 Å². The molecule has 2 aromatic rings. The van der Waals surface area contributed by atoms with E-state index in [1.807, 2.05) is 29.2 Å². The van der Waals surface area contributed by atoms with Crippen molar-refractivity contribution in [3.05, 3.63) is 58.7 Å². The van der Waals surface area contributed by atoms with Gasteiger partial charge < -0.3 is 10.2 Å². The third kappa shape index (κ3) is 3.84. The van der Waals surface area contributed by atoms with Crippen LogP contribution in [0.15, 0.2) is 30.6 Å². The van der Waals surface area contributed by atoms with Gasteiger partial charge in [0.1, 0.15) is 6.33 Å². The van der Waals surface area contributed by atoms with Crippen molar-refractivity contribution < 1.29 is 9.59 Å². The van der Waals surface area contributed by atoms with E-state index in [2.05, 4.69) is 15.3 Å².